The number of carbonyl (C=O) groups excluding carboxylic acids is 1. The highest BCUT2D eigenvalue weighted by Gasteiger charge is 2.15. The van der Waals surface area contributed by atoms with Gasteiger partial charge in [0.15, 0.2) is 11.5 Å². The summed E-state index contributed by atoms with van der Waals surface area (Å²) >= 11 is 4.99. The van der Waals surface area contributed by atoms with Crippen LogP contribution in [0.3, 0.4) is 0 Å². The molecule has 0 fully saturated rings. The average Bonchev–Trinajstić information content (AvgIpc) is 3.23. The number of fused-ring (bicyclic) bond motifs is 1. The number of hydrogen-bond donors (Lipinski definition) is 1. The van der Waals surface area contributed by atoms with Crippen LogP contribution in [-0.2, 0) is 11.2 Å². The Morgan fingerprint density at radius 1 is 1.20 bits per heavy atom. The van der Waals surface area contributed by atoms with Crippen LogP contribution >= 0.6 is 27.3 Å². The largest absolute Gasteiger partial charge is 0.454 e. The zero-order chi connectivity index (χ0) is 17.2. The van der Waals surface area contributed by atoms with Gasteiger partial charge in [0.25, 0.3) is 0 Å². The molecule has 126 valence electrons. The number of hydrogen-bond acceptors (Lipinski definition) is 5. The van der Waals surface area contributed by atoms with Crippen LogP contribution in [0.4, 0.5) is 5.69 Å². The van der Waals surface area contributed by atoms with E-state index in [9.17, 15) is 4.79 Å². The van der Waals surface area contributed by atoms with Crippen molar-refractivity contribution in [3.05, 3.63) is 58.0 Å². The molecular formula is C18H13BrN2O3S. The molecule has 0 spiro atoms. The van der Waals surface area contributed by atoms with Crippen molar-refractivity contribution in [1.29, 1.82) is 0 Å². The average molecular weight is 417 g/mol. The number of benzene rings is 2. The normalized spacial score (nSPS) is 12.2. The highest BCUT2D eigenvalue weighted by atomic mass is 79.9. The van der Waals surface area contributed by atoms with Gasteiger partial charge in [-0.15, -0.1) is 11.3 Å². The van der Waals surface area contributed by atoms with E-state index in [1.807, 2.05) is 29.6 Å². The van der Waals surface area contributed by atoms with Crippen molar-refractivity contribution in [2.45, 2.75) is 6.42 Å². The molecule has 25 heavy (non-hydrogen) atoms. The number of rotatable bonds is 4. The molecule has 0 unspecified atom stereocenters. The lowest BCUT2D eigenvalue weighted by Crippen LogP contribution is -2.14. The van der Waals surface area contributed by atoms with Crippen molar-refractivity contribution < 1.29 is 14.3 Å². The lowest BCUT2D eigenvalue weighted by Gasteiger charge is -2.05. The fourth-order valence-corrected chi connectivity index (χ4v) is 3.70. The van der Waals surface area contributed by atoms with Gasteiger partial charge < -0.3 is 14.8 Å². The quantitative estimate of drug-likeness (QED) is 0.680. The number of carbonyl (C=O) groups is 1. The van der Waals surface area contributed by atoms with E-state index in [0.717, 1.165) is 20.7 Å². The Labute approximate surface area is 156 Å². The van der Waals surface area contributed by atoms with Gasteiger partial charge in [0.05, 0.1) is 12.1 Å². The number of nitrogens with zero attached hydrogens (tertiary/aromatic N) is 1. The maximum atomic E-state index is 12.3. The maximum absolute atomic E-state index is 12.3. The highest BCUT2D eigenvalue weighted by molar-refractivity contribution is 9.10. The minimum atomic E-state index is -0.120. The smallest absolute Gasteiger partial charge is 0.231 e. The van der Waals surface area contributed by atoms with E-state index in [1.165, 1.54) is 11.3 Å². The molecule has 3 aromatic rings. The van der Waals surface area contributed by atoms with E-state index in [4.69, 9.17) is 9.47 Å². The number of nitrogens with one attached hydrogen (secondary N) is 1. The van der Waals surface area contributed by atoms with Crippen LogP contribution in [0.2, 0.25) is 0 Å². The maximum Gasteiger partial charge on any atom is 0.231 e. The van der Waals surface area contributed by atoms with Gasteiger partial charge >= 0.3 is 0 Å². The Morgan fingerprint density at radius 3 is 2.96 bits per heavy atom. The molecule has 1 aliphatic rings. The fraction of sp³-hybridized carbons (Fsp3) is 0.111. The van der Waals surface area contributed by atoms with Crippen LogP contribution < -0.4 is 14.8 Å². The van der Waals surface area contributed by atoms with E-state index >= 15 is 0 Å². The number of anilines is 1. The molecule has 2 aromatic carbocycles. The molecule has 1 aliphatic heterocycles. The van der Waals surface area contributed by atoms with Gasteiger partial charge in [0.1, 0.15) is 5.01 Å². The van der Waals surface area contributed by atoms with Crippen molar-refractivity contribution in [3.8, 4) is 22.1 Å². The molecule has 1 amide bonds. The number of thiazole rings is 1. The van der Waals surface area contributed by atoms with E-state index in [0.29, 0.717) is 17.2 Å². The van der Waals surface area contributed by atoms with E-state index in [1.54, 1.807) is 18.2 Å². The standard InChI is InChI=1S/C18H13BrN2O3S/c19-12-3-1-2-11(6-12)18-21-14(9-25-18)8-17(22)20-13-4-5-15-16(7-13)24-10-23-15/h1-7,9H,8,10H2,(H,20,22). The summed E-state index contributed by atoms with van der Waals surface area (Å²) < 4.78 is 11.6. The summed E-state index contributed by atoms with van der Waals surface area (Å²) in [5, 5.41) is 5.67. The third-order valence-corrected chi connectivity index (χ3v) is 5.05. The first-order valence-electron chi connectivity index (χ1n) is 7.57. The molecule has 1 N–H and O–H groups in total. The molecule has 0 aliphatic carbocycles. The molecule has 0 saturated carbocycles. The van der Waals surface area contributed by atoms with E-state index in [-0.39, 0.29) is 19.1 Å². The van der Waals surface area contributed by atoms with Gasteiger partial charge in [-0.25, -0.2) is 4.98 Å². The van der Waals surface area contributed by atoms with Gasteiger partial charge in [-0.05, 0) is 24.3 Å². The second-order valence-corrected chi connectivity index (χ2v) is 7.22. The molecule has 0 saturated heterocycles. The van der Waals surface area contributed by atoms with Gasteiger partial charge in [0, 0.05) is 27.2 Å². The van der Waals surface area contributed by atoms with Crippen molar-refractivity contribution >= 4 is 38.9 Å². The molecule has 5 nitrogen and oxygen atoms in total. The van der Waals surface area contributed by atoms with Crippen molar-refractivity contribution in [2.75, 3.05) is 12.1 Å². The van der Waals surface area contributed by atoms with Crippen LogP contribution in [0.5, 0.6) is 11.5 Å². The van der Waals surface area contributed by atoms with Crippen LogP contribution in [-0.4, -0.2) is 17.7 Å². The van der Waals surface area contributed by atoms with Gasteiger partial charge in [-0.1, -0.05) is 28.1 Å². The van der Waals surface area contributed by atoms with Crippen LogP contribution in [0.1, 0.15) is 5.69 Å². The summed E-state index contributed by atoms with van der Waals surface area (Å²) in [6, 6.07) is 13.3. The topological polar surface area (TPSA) is 60.5 Å². The van der Waals surface area contributed by atoms with Gasteiger partial charge in [0.2, 0.25) is 12.7 Å². The highest BCUT2D eigenvalue weighted by Crippen LogP contribution is 2.34. The Bertz CT molecular complexity index is 942. The first kappa shape index (κ1) is 16.1. The fourth-order valence-electron chi connectivity index (χ4n) is 2.49. The van der Waals surface area contributed by atoms with Crippen LogP contribution in [0, 0.1) is 0 Å². The zero-order valence-electron chi connectivity index (χ0n) is 13.0. The third kappa shape index (κ3) is 3.67. The summed E-state index contributed by atoms with van der Waals surface area (Å²) in [5.41, 5.74) is 2.46. The van der Waals surface area contributed by atoms with Crippen LogP contribution in [0.15, 0.2) is 52.3 Å². The lowest BCUT2D eigenvalue weighted by molar-refractivity contribution is -0.115. The summed E-state index contributed by atoms with van der Waals surface area (Å²) in [7, 11) is 0. The predicted molar refractivity (Wildman–Crippen MR) is 100 cm³/mol. The molecule has 4 rings (SSSR count). The van der Waals surface area contributed by atoms with E-state index in [2.05, 4.69) is 26.2 Å². The zero-order valence-corrected chi connectivity index (χ0v) is 15.4. The summed E-state index contributed by atoms with van der Waals surface area (Å²) in [6.45, 7) is 0.212. The predicted octanol–water partition coefficient (Wildman–Crippen LogP) is 4.48. The Morgan fingerprint density at radius 2 is 2.08 bits per heavy atom. The SMILES string of the molecule is O=C(Cc1csc(-c2cccc(Br)c2)n1)Nc1ccc2c(c1)OCO2. The van der Waals surface area contributed by atoms with Gasteiger partial charge in [-0.2, -0.15) is 0 Å². The summed E-state index contributed by atoms with van der Waals surface area (Å²) in [5.74, 6) is 1.21. The minimum Gasteiger partial charge on any atom is -0.454 e. The van der Waals surface area contributed by atoms with Crippen LogP contribution in [0.25, 0.3) is 10.6 Å². The third-order valence-electron chi connectivity index (χ3n) is 3.62. The Balaban J connectivity index is 1.43. The summed E-state index contributed by atoms with van der Waals surface area (Å²) in [4.78, 5) is 16.8. The Hall–Kier alpha value is -2.38. The second kappa shape index (κ2) is 6.85. The summed E-state index contributed by atoms with van der Waals surface area (Å²) in [6.07, 6.45) is 0.221. The van der Waals surface area contributed by atoms with Gasteiger partial charge in [-0.3, -0.25) is 4.79 Å². The molecule has 0 bridgehead atoms. The van der Waals surface area contributed by atoms with Crippen molar-refractivity contribution in [3.63, 3.8) is 0 Å². The minimum absolute atomic E-state index is 0.120. The molecule has 7 heteroatoms. The monoisotopic (exact) mass is 416 g/mol. The number of ether oxygens (including phenoxy) is 2. The van der Waals surface area contributed by atoms with Crippen molar-refractivity contribution in [1.82, 2.24) is 4.98 Å². The number of amides is 1. The second-order valence-electron chi connectivity index (χ2n) is 5.45. The number of halogens is 1. The van der Waals surface area contributed by atoms with Crippen molar-refractivity contribution in [2.24, 2.45) is 0 Å². The molecular weight excluding hydrogens is 404 g/mol. The first-order valence-corrected chi connectivity index (χ1v) is 9.24. The number of aromatic nitrogens is 1. The Kier molecular flexibility index (Phi) is 4.42. The molecule has 0 atom stereocenters. The molecule has 1 aromatic heterocycles. The molecule has 0 radical (unpaired) electrons. The van der Waals surface area contributed by atoms with E-state index < -0.39 is 0 Å². The lowest BCUT2D eigenvalue weighted by atomic mass is 10.2. The first-order chi connectivity index (χ1) is 12.2. The molecule has 2 heterocycles.